The van der Waals surface area contributed by atoms with E-state index in [1.54, 1.807) is 0 Å². The van der Waals surface area contributed by atoms with Gasteiger partial charge in [0.15, 0.2) is 0 Å². The van der Waals surface area contributed by atoms with E-state index in [1.807, 2.05) is 13.8 Å². The summed E-state index contributed by atoms with van der Waals surface area (Å²) in [5, 5.41) is 6.33. The fraction of sp³-hybridized carbons (Fsp3) is 0.750. The Labute approximate surface area is 109 Å². The fourth-order valence-electron chi connectivity index (χ4n) is 1.58. The van der Waals surface area contributed by atoms with Gasteiger partial charge in [0.1, 0.15) is 0 Å². The average Bonchev–Trinajstić information content (AvgIpc) is 2.29. The van der Waals surface area contributed by atoms with Crippen molar-refractivity contribution < 1.29 is 4.74 Å². The maximum absolute atomic E-state index is 5.33. The summed E-state index contributed by atoms with van der Waals surface area (Å²) in [6.07, 6.45) is 2.20. The highest BCUT2D eigenvalue weighted by Crippen LogP contribution is 2.13. The Morgan fingerprint density at radius 3 is 2.44 bits per heavy atom. The second kappa shape index (κ2) is 7.68. The van der Waals surface area contributed by atoms with E-state index in [4.69, 9.17) is 4.74 Å². The molecule has 0 saturated heterocycles. The minimum absolute atomic E-state index is 0.335. The maximum atomic E-state index is 5.33. The minimum Gasteiger partial charge on any atom is -0.464 e. The summed E-state index contributed by atoms with van der Waals surface area (Å²) in [7, 11) is 0. The van der Waals surface area contributed by atoms with Crippen LogP contribution < -0.4 is 15.4 Å². The van der Waals surface area contributed by atoms with E-state index in [-0.39, 0.29) is 0 Å². The van der Waals surface area contributed by atoms with Gasteiger partial charge in [-0.15, -0.1) is 0 Å². The first-order valence-corrected chi connectivity index (χ1v) is 6.58. The van der Waals surface area contributed by atoms with Crippen LogP contribution in [0.1, 0.15) is 40.5 Å². The van der Waals surface area contributed by atoms with Crippen LogP contribution in [0.5, 0.6) is 6.01 Å². The molecule has 0 aliphatic carbocycles. The number of aromatic nitrogens is 3. The van der Waals surface area contributed by atoms with E-state index >= 15 is 0 Å². The molecule has 1 rings (SSSR count). The van der Waals surface area contributed by atoms with E-state index < -0.39 is 0 Å². The second-order valence-corrected chi connectivity index (χ2v) is 4.06. The van der Waals surface area contributed by atoms with E-state index in [0.717, 1.165) is 19.4 Å². The van der Waals surface area contributed by atoms with Crippen molar-refractivity contribution >= 4 is 11.9 Å². The highest BCUT2D eigenvalue weighted by atomic mass is 16.5. The first-order chi connectivity index (χ1) is 8.69. The maximum Gasteiger partial charge on any atom is 0.323 e. The van der Waals surface area contributed by atoms with Crippen molar-refractivity contribution in [2.75, 3.05) is 23.8 Å². The summed E-state index contributed by atoms with van der Waals surface area (Å²) in [6.45, 7) is 9.47. The fourth-order valence-corrected chi connectivity index (χ4v) is 1.58. The molecule has 0 saturated carbocycles. The zero-order chi connectivity index (χ0) is 13.4. The lowest BCUT2D eigenvalue weighted by Gasteiger charge is -2.14. The van der Waals surface area contributed by atoms with Gasteiger partial charge < -0.3 is 15.4 Å². The Bertz CT molecular complexity index is 334. The highest BCUT2D eigenvalue weighted by Gasteiger charge is 2.09. The van der Waals surface area contributed by atoms with Crippen LogP contribution in [0.25, 0.3) is 0 Å². The molecule has 0 aromatic carbocycles. The summed E-state index contributed by atoms with van der Waals surface area (Å²) < 4.78 is 5.33. The van der Waals surface area contributed by atoms with Crippen molar-refractivity contribution in [2.45, 2.75) is 46.6 Å². The first kappa shape index (κ1) is 14.5. The van der Waals surface area contributed by atoms with Crippen molar-refractivity contribution in [3.63, 3.8) is 0 Å². The minimum atomic E-state index is 0.335. The van der Waals surface area contributed by atoms with Crippen molar-refractivity contribution in [2.24, 2.45) is 0 Å². The molecule has 1 unspecified atom stereocenters. The molecule has 0 radical (unpaired) electrons. The molecule has 0 aliphatic heterocycles. The number of hydrogen-bond acceptors (Lipinski definition) is 6. The number of ether oxygens (including phenoxy) is 1. The molecule has 6 heteroatoms. The molecule has 1 heterocycles. The van der Waals surface area contributed by atoms with E-state index in [1.165, 1.54) is 0 Å². The molecule has 1 aromatic rings. The normalized spacial score (nSPS) is 12.0. The van der Waals surface area contributed by atoms with Gasteiger partial charge in [-0.05, 0) is 27.2 Å². The SMILES string of the molecule is CCCC(C)Nc1nc(NCC)nc(OCC)n1. The first-order valence-electron chi connectivity index (χ1n) is 6.58. The zero-order valence-corrected chi connectivity index (χ0v) is 11.7. The molecule has 0 aliphatic rings. The molecule has 2 N–H and O–H groups in total. The van der Waals surface area contributed by atoms with E-state index in [0.29, 0.717) is 30.6 Å². The molecular formula is C12H23N5O. The van der Waals surface area contributed by atoms with Crippen LogP contribution in [-0.2, 0) is 0 Å². The summed E-state index contributed by atoms with van der Waals surface area (Å²) in [4.78, 5) is 12.7. The molecule has 0 bridgehead atoms. The van der Waals surface area contributed by atoms with Crippen molar-refractivity contribution in [1.29, 1.82) is 0 Å². The Balaban J connectivity index is 2.81. The number of hydrogen-bond donors (Lipinski definition) is 2. The average molecular weight is 253 g/mol. The number of nitrogens with zero attached hydrogens (tertiary/aromatic N) is 3. The van der Waals surface area contributed by atoms with Gasteiger partial charge in [-0.2, -0.15) is 15.0 Å². The summed E-state index contributed by atoms with van der Waals surface area (Å²) in [6, 6.07) is 0.691. The van der Waals surface area contributed by atoms with Gasteiger partial charge in [0.25, 0.3) is 0 Å². The monoisotopic (exact) mass is 253 g/mol. The predicted molar refractivity (Wildman–Crippen MR) is 73.2 cm³/mol. The summed E-state index contributed by atoms with van der Waals surface area (Å²) >= 11 is 0. The van der Waals surface area contributed by atoms with Gasteiger partial charge in [0, 0.05) is 12.6 Å². The standard InChI is InChI=1S/C12H23N5O/c1-5-8-9(4)14-11-15-10(13-6-2)16-12(17-11)18-7-3/h9H,5-8H2,1-4H3,(H2,13,14,15,16,17). The Morgan fingerprint density at radius 1 is 1.11 bits per heavy atom. The van der Waals surface area contributed by atoms with Crippen molar-refractivity contribution in [3.05, 3.63) is 0 Å². The number of anilines is 2. The van der Waals surface area contributed by atoms with Gasteiger partial charge in [0.2, 0.25) is 11.9 Å². The molecule has 18 heavy (non-hydrogen) atoms. The van der Waals surface area contributed by atoms with Crippen LogP contribution >= 0.6 is 0 Å². The van der Waals surface area contributed by atoms with E-state index in [2.05, 4.69) is 39.4 Å². The summed E-state index contributed by atoms with van der Waals surface area (Å²) in [5.41, 5.74) is 0. The second-order valence-electron chi connectivity index (χ2n) is 4.06. The van der Waals surface area contributed by atoms with Gasteiger partial charge in [-0.1, -0.05) is 13.3 Å². The van der Waals surface area contributed by atoms with Crippen LogP contribution in [0.4, 0.5) is 11.9 Å². The molecule has 0 spiro atoms. The quantitative estimate of drug-likeness (QED) is 0.740. The third kappa shape index (κ3) is 4.73. The van der Waals surface area contributed by atoms with Crippen LogP contribution in [0, 0.1) is 0 Å². The largest absolute Gasteiger partial charge is 0.464 e. The van der Waals surface area contributed by atoms with Crippen LogP contribution in [0.3, 0.4) is 0 Å². The lowest BCUT2D eigenvalue weighted by atomic mass is 10.2. The Morgan fingerprint density at radius 2 is 1.83 bits per heavy atom. The molecule has 0 fully saturated rings. The highest BCUT2D eigenvalue weighted by molar-refractivity contribution is 5.36. The molecular weight excluding hydrogens is 230 g/mol. The molecule has 1 aromatic heterocycles. The van der Waals surface area contributed by atoms with Crippen LogP contribution in [0.2, 0.25) is 0 Å². The smallest absolute Gasteiger partial charge is 0.323 e. The summed E-state index contributed by atoms with van der Waals surface area (Å²) in [5.74, 6) is 1.10. The Hall–Kier alpha value is -1.59. The number of rotatable bonds is 8. The molecule has 1 atom stereocenters. The van der Waals surface area contributed by atoms with Gasteiger partial charge in [-0.3, -0.25) is 0 Å². The topological polar surface area (TPSA) is 72.0 Å². The van der Waals surface area contributed by atoms with Crippen LogP contribution in [0.15, 0.2) is 0 Å². The van der Waals surface area contributed by atoms with Crippen LogP contribution in [-0.4, -0.2) is 34.1 Å². The van der Waals surface area contributed by atoms with Gasteiger partial charge in [-0.25, -0.2) is 0 Å². The predicted octanol–water partition coefficient (Wildman–Crippen LogP) is 2.30. The number of nitrogens with one attached hydrogen (secondary N) is 2. The Kier molecular flexibility index (Phi) is 6.18. The third-order valence-corrected chi connectivity index (χ3v) is 2.32. The van der Waals surface area contributed by atoms with Gasteiger partial charge >= 0.3 is 6.01 Å². The van der Waals surface area contributed by atoms with Crippen molar-refractivity contribution in [3.8, 4) is 6.01 Å². The zero-order valence-electron chi connectivity index (χ0n) is 11.7. The lowest BCUT2D eigenvalue weighted by Crippen LogP contribution is -2.18. The molecule has 6 nitrogen and oxygen atoms in total. The van der Waals surface area contributed by atoms with Gasteiger partial charge in [0.05, 0.1) is 6.61 Å². The van der Waals surface area contributed by atoms with E-state index in [9.17, 15) is 0 Å². The van der Waals surface area contributed by atoms with Crippen molar-refractivity contribution in [1.82, 2.24) is 15.0 Å². The lowest BCUT2D eigenvalue weighted by molar-refractivity contribution is 0.312. The molecule has 0 amide bonds. The third-order valence-electron chi connectivity index (χ3n) is 2.32. The molecule has 102 valence electrons.